The second-order valence-corrected chi connectivity index (χ2v) is 10.0. The summed E-state index contributed by atoms with van der Waals surface area (Å²) < 4.78 is 35.2. The summed E-state index contributed by atoms with van der Waals surface area (Å²) in [7, 11) is -1.71. The van der Waals surface area contributed by atoms with Crippen molar-refractivity contribution in [1.82, 2.24) is 4.90 Å². The highest BCUT2D eigenvalue weighted by Gasteiger charge is 2.25. The molecule has 5 nitrogen and oxygen atoms in total. The second-order valence-electron chi connectivity index (χ2n) is 8.00. The number of halogens is 1. The van der Waals surface area contributed by atoms with Crippen molar-refractivity contribution in [2.24, 2.45) is 0 Å². The molecule has 1 aliphatic heterocycles. The summed E-state index contributed by atoms with van der Waals surface area (Å²) >= 11 is 6.29. The third-order valence-corrected chi connectivity index (χ3v) is 7.99. The lowest BCUT2D eigenvalue weighted by molar-refractivity contribution is 0.208. The van der Waals surface area contributed by atoms with Gasteiger partial charge >= 0.3 is 0 Å². The van der Waals surface area contributed by atoms with E-state index in [0.717, 1.165) is 47.3 Å². The maximum absolute atomic E-state index is 13.3. The van der Waals surface area contributed by atoms with E-state index in [-0.39, 0.29) is 6.10 Å². The molecule has 1 N–H and O–H groups in total. The van der Waals surface area contributed by atoms with E-state index in [2.05, 4.69) is 9.62 Å². The Morgan fingerprint density at radius 3 is 2.17 bits per heavy atom. The van der Waals surface area contributed by atoms with Gasteiger partial charge in [0.15, 0.2) is 0 Å². The van der Waals surface area contributed by atoms with Gasteiger partial charge in [-0.15, -0.1) is 0 Å². The first-order chi connectivity index (χ1) is 13.5. The van der Waals surface area contributed by atoms with Crippen molar-refractivity contribution in [3.05, 3.63) is 51.0 Å². The van der Waals surface area contributed by atoms with Crippen molar-refractivity contribution in [3.8, 4) is 5.75 Å². The highest BCUT2D eigenvalue weighted by molar-refractivity contribution is 7.92. The highest BCUT2D eigenvalue weighted by Crippen LogP contribution is 2.33. The predicted molar refractivity (Wildman–Crippen MR) is 119 cm³/mol. The molecular weight excluding hydrogens is 408 g/mol. The van der Waals surface area contributed by atoms with Gasteiger partial charge in [-0.2, -0.15) is 0 Å². The summed E-state index contributed by atoms with van der Waals surface area (Å²) in [5.41, 5.74) is 5.11. The zero-order chi connectivity index (χ0) is 21.5. The minimum absolute atomic E-state index is 0.0521. The van der Waals surface area contributed by atoms with Crippen LogP contribution in [0.2, 0.25) is 5.02 Å². The van der Waals surface area contributed by atoms with Crippen molar-refractivity contribution < 1.29 is 13.2 Å². The summed E-state index contributed by atoms with van der Waals surface area (Å²) in [5.74, 6) is 0.497. The van der Waals surface area contributed by atoms with E-state index in [0.29, 0.717) is 21.4 Å². The van der Waals surface area contributed by atoms with Crippen molar-refractivity contribution in [3.63, 3.8) is 0 Å². The molecular formula is C22H29ClN2O3S. The van der Waals surface area contributed by atoms with Crippen LogP contribution in [0.1, 0.15) is 34.2 Å². The van der Waals surface area contributed by atoms with Gasteiger partial charge in [0, 0.05) is 19.2 Å². The molecule has 1 aliphatic rings. The molecule has 29 heavy (non-hydrogen) atoms. The predicted octanol–water partition coefficient (Wildman–Crippen LogP) is 4.77. The van der Waals surface area contributed by atoms with Gasteiger partial charge in [-0.3, -0.25) is 4.72 Å². The maximum atomic E-state index is 13.3. The largest absolute Gasteiger partial charge is 0.487 e. The zero-order valence-corrected chi connectivity index (χ0v) is 19.5. The van der Waals surface area contributed by atoms with Gasteiger partial charge < -0.3 is 9.64 Å². The molecule has 1 heterocycles. The van der Waals surface area contributed by atoms with Gasteiger partial charge in [-0.05, 0) is 88.0 Å². The second kappa shape index (κ2) is 8.17. The number of anilines is 1. The number of hydrogen-bond donors (Lipinski definition) is 1. The van der Waals surface area contributed by atoms with E-state index in [9.17, 15) is 8.42 Å². The number of likely N-dealkylation sites (N-methyl/N-ethyl adjacent to an activating group) is 1. The first-order valence-electron chi connectivity index (χ1n) is 9.75. The van der Waals surface area contributed by atoms with Crippen LogP contribution in [0.25, 0.3) is 0 Å². The van der Waals surface area contributed by atoms with Crippen LogP contribution in [0.4, 0.5) is 5.69 Å². The third-order valence-electron chi connectivity index (χ3n) is 6.03. The number of benzene rings is 2. The summed E-state index contributed by atoms with van der Waals surface area (Å²) in [6.07, 6.45) is 0.972. The fraction of sp³-hybridized carbons (Fsp3) is 0.455. The van der Waals surface area contributed by atoms with Gasteiger partial charge in [0.05, 0.1) is 15.6 Å². The quantitative estimate of drug-likeness (QED) is 0.733. The Hall–Kier alpha value is -1.76. The molecule has 0 radical (unpaired) electrons. The first-order valence-corrected chi connectivity index (χ1v) is 11.6. The Bertz CT molecular complexity index is 1020. The molecule has 1 atom stereocenters. The van der Waals surface area contributed by atoms with Crippen molar-refractivity contribution in [1.29, 1.82) is 0 Å². The summed E-state index contributed by atoms with van der Waals surface area (Å²) in [4.78, 5) is 2.53. The Morgan fingerprint density at radius 2 is 1.62 bits per heavy atom. The minimum Gasteiger partial charge on any atom is -0.487 e. The molecule has 2 aromatic carbocycles. The lowest BCUT2D eigenvalue weighted by Crippen LogP contribution is -2.21. The third kappa shape index (κ3) is 4.39. The molecule has 7 heteroatoms. The van der Waals surface area contributed by atoms with Gasteiger partial charge in [0.1, 0.15) is 11.9 Å². The fourth-order valence-corrected chi connectivity index (χ4v) is 5.72. The number of rotatable bonds is 5. The van der Waals surface area contributed by atoms with E-state index in [1.165, 1.54) is 0 Å². The van der Waals surface area contributed by atoms with Gasteiger partial charge in [-0.25, -0.2) is 8.42 Å². The summed E-state index contributed by atoms with van der Waals surface area (Å²) in [6, 6.07) is 4.99. The van der Waals surface area contributed by atoms with Crippen molar-refractivity contribution in [2.75, 3.05) is 24.9 Å². The Labute approximate surface area is 179 Å². The van der Waals surface area contributed by atoms with E-state index in [1.54, 1.807) is 18.2 Å². The van der Waals surface area contributed by atoms with Crippen LogP contribution in [0, 0.1) is 34.6 Å². The molecule has 0 spiro atoms. The van der Waals surface area contributed by atoms with E-state index in [4.69, 9.17) is 16.3 Å². The number of sulfonamides is 1. The number of ether oxygens (including phenoxy) is 1. The number of likely N-dealkylation sites (tertiary alicyclic amines) is 1. The van der Waals surface area contributed by atoms with Crippen LogP contribution < -0.4 is 9.46 Å². The Balaban J connectivity index is 1.93. The molecule has 0 aliphatic carbocycles. The first kappa shape index (κ1) is 21.9. The average Bonchev–Trinajstić information content (AvgIpc) is 3.05. The molecule has 0 amide bonds. The standard InChI is InChI=1S/C22H29ClN2O3S/c1-13-14(2)16(4)22(17(5)15(13)3)29(26,27)24-18-7-8-20(23)21(11-18)28-19-9-10-25(6)12-19/h7-8,11,19,24H,9-10,12H2,1-6H3/t19-/m1/s1. The number of nitrogens with zero attached hydrogens (tertiary/aromatic N) is 1. The highest BCUT2D eigenvalue weighted by atomic mass is 35.5. The summed E-state index contributed by atoms with van der Waals surface area (Å²) in [6.45, 7) is 11.5. The molecule has 0 saturated carbocycles. The molecule has 3 rings (SSSR count). The van der Waals surface area contributed by atoms with E-state index in [1.807, 2.05) is 41.7 Å². The number of hydrogen-bond acceptors (Lipinski definition) is 4. The van der Waals surface area contributed by atoms with Crippen LogP contribution in [0.3, 0.4) is 0 Å². The monoisotopic (exact) mass is 436 g/mol. The number of nitrogens with one attached hydrogen (secondary N) is 1. The topological polar surface area (TPSA) is 58.6 Å². The van der Waals surface area contributed by atoms with E-state index < -0.39 is 10.0 Å². The normalized spacial score (nSPS) is 17.6. The molecule has 0 aromatic heterocycles. The van der Waals surface area contributed by atoms with Crippen LogP contribution in [-0.4, -0.2) is 39.6 Å². The molecule has 0 bridgehead atoms. The lowest BCUT2D eigenvalue weighted by Gasteiger charge is -2.20. The SMILES string of the molecule is Cc1c(C)c(C)c(S(=O)(=O)Nc2ccc(Cl)c(O[C@@H]3CCN(C)C3)c2)c(C)c1C. The van der Waals surface area contributed by atoms with Crippen LogP contribution in [0.5, 0.6) is 5.75 Å². The minimum atomic E-state index is -3.76. The maximum Gasteiger partial charge on any atom is 0.262 e. The van der Waals surface area contributed by atoms with Crippen molar-refractivity contribution >= 4 is 27.3 Å². The van der Waals surface area contributed by atoms with Crippen LogP contribution in [-0.2, 0) is 10.0 Å². The van der Waals surface area contributed by atoms with Gasteiger partial charge in [0.2, 0.25) is 0 Å². The van der Waals surface area contributed by atoms with Gasteiger partial charge in [-0.1, -0.05) is 11.6 Å². The molecule has 1 fully saturated rings. The van der Waals surface area contributed by atoms with Crippen molar-refractivity contribution in [2.45, 2.75) is 52.0 Å². The average molecular weight is 437 g/mol. The van der Waals surface area contributed by atoms with Crippen LogP contribution >= 0.6 is 11.6 Å². The molecule has 158 valence electrons. The lowest BCUT2D eigenvalue weighted by atomic mass is 9.95. The Kier molecular flexibility index (Phi) is 6.18. The smallest absolute Gasteiger partial charge is 0.262 e. The molecule has 1 saturated heterocycles. The molecule has 2 aromatic rings. The van der Waals surface area contributed by atoms with Crippen LogP contribution in [0.15, 0.2) is 23.1 Å². The molecule has 0 unspecified atom stereocenters. The Morgan fingerprint density at radius 1 is 1.03 bits per heavy atom. The fourth-order valence-electron chi connectivity index (χ4n) is 3.90. The van der Waals surface area contributed by atoms with E-state index >= 15 is 0 Å². The zero-order valence-electron chi connectivity index (χ0n) is 17.9. The van der Waals surface area contributed by atoms with Gasteiger partial charge in [0.25, 0.3) is 10.0 Å². The summed E-state index contributed by atoms with van der Waals surface area (Å²) in [5, 5.41) is 0.469.